The van der Waals surface area contributed by atoms with Crippen LogP contribution in [-0.4, -0.2) is 14.9 Å². The number of halogens is 2. The molecule has 15 heavy (non-hydrogen) atoms. The summed E-state index contributed by atoms with van der Waals surface area (Å²) >= 11 is 0. The lowest BCUT2D eigenvalue weighted by Crippen LogP contribution is -2.24. The predicted molar refractivity (Wildman–Crippen MR) is 43.8 cm³/mol. The number of hydrogen-bond donors (Lipinski definition) is 1. The van der Waals surface area contributed by atoms with Gasteiger partial charge in [-0.25, -0.2) is 17.2 Å². The molecule has 0 aliphatic carbocycles. The van der Waals surface area contributed by atoms with Crippen molar-refractivity contribution in [3.8, 4) is 0 Å². The molecule has 5 nitrogen and oxygen atoms in total. The van der Waals surface area contributed by atoms with Crippen LogP contribution in [0.15, 0.2) is 23.1 Å². The van der Waals surface area contributed by atoms with Crippen LogP contribution in [0, 0.1) is 11.6 Å². The molecule has 0 radical (unpaired) electrons. The van der Waals surface area contributed by atoms with Crippen molar-refractivity contribution < 1.29 is 26.8 Å². The van der Waals surface area contributed by atoms with Crippen molar-refractivity contribution in [1.82, 2.24) is 4.89 Å². The van der Waals surface area contributed by atoms with E-state index in [1.165, 1.54) is 4.89 Å². The van der Waals surface area contributed by atoms with E-state index in [-0.39, 0.29) is 6.47 Å². The average Bonchev–Trinajstić information content (AvgIpc) is 2.14. The molecular weight excluding hydrogens is 232 g/mol. The van der Waals surface area contributed by atoms with Gasteiger partial charge in [0.1, 0.15) is 16.5 Å². The van der Waals surface area contributed by atoms with Gasteiger partial charge in [-0.1, -0.05) is 0 Å². The van der Waals surface area contributed by atoms with E-state index in [2.05, 4.69) is 4.84 Å². The molecule has 0 bridgehead atoms. The van der Waals surface area contributed by atoms with Crippen LogP contribution >= 0.6 is 0 Å². The van der Waals surface area contributed by atoms with Gasteiger partial charge in [0.25, 0.3) is 10.0 Å². The van der Waals surface area contributed by atoms with Gasteiger partial charge in [-0.15, -0.1) is 0 Å². The first-order valence-electron chi connectivity index (χ1n) is 3.53. The number of benzene rings is 1. The molecule has 1 N–H and O–H groups in total. The van der Waals surface area contributed by atoms with Gasteiger partial charge in [0.05, 0.1) is 0 Å². The van der Waals surface area contributed by atoms with Gasteiger partial charge in [0.2, 0.25) is 0 Å². The van der Waals surface area contributed by atoms with E-state index in [0.717, 1.165) is 6.07 Å². The maximum absolute atomic E-state index is 13.0. The first-order valence-corrected chi connectivity index (χ1v) is 5.02. The second-order valence-electron chi connectivity index (χ2n) is 2.38. The van der Waals surface area contributed by atoms with Crippen molar-refractivity contribution >= 4 is 16.5 Å². The largest absolute Gasteiger partial charge is 0.358 e. The highest BCUT2D eigenvalue weighted by Gasteiger charge is 2.19. The zero-order chi connectivity index (χ0) is 11.5. The van der Waals surface area contributed by atoms with Gasteiger partial charge < -0.3 is 4.84 Å². The Morgan fingerprint density at radius 2 is 2.00 bits per heavy atom. The fourth-order valence-corrected chi connectivity index (χ4v) is 1.64. The lowest BCUT2D eigenvalue weighted by molar-refractivity contribution is -0.131. The van der Waals surface area contributed by atoms with E-state index in [1.54, 1.807) is 0 Å². The third-order valence-corrected chi connectivity index (χ3v) is 2.62. The molecule has 0 saturated heterocycles. The summed E-state index contributed by atoms with van der Waals surface area (Å²) < 4.78 is 47.7. The fraction of sp³-hybridized carbons (Fsp3) is 0. The molecule has 0 unspecified atom stereocenters. The molecule has 82 valence electrons. The molecule has 0 aromatic heterocycles. The van der Waals surface area contributed by atoms with Gasteiger partial charge in [0, 0.05) is 6.07 Å². The Labute approximate surface area is 83.7 Å². The minimum atomic E-state index is -4.31. The van der Waals surface area contributed by atoms with Crippen LogP contribution in [0.2, 0.25) is 0 Å². The second-order valence-corrected chi connectivity index (χ2v) is 3.99. The summed E-state index contributed by atoms with van der Waals surface area (Å²) in [5, 5.41) is 0. The zero-order valence-corrected chi connectivity index (χ0v) is 7.92. The third kappa shape index (κ3) is 2.70. The maximum Gasteiger partial charge on any atom is 0.314 e. The first kappa shape index (κ1) is 11.5. The normalized spacial score (nSPS) is 11.1. The molecule has 0 amide bonds. The average molecular weight is 237 g/mol. The van der Waals surface area contributed by atoms with Crippen LogP contribution in [0.3, 0.4) is 0 Å². The molecule has 0 spiro atoms. The van der Waals surface area contributed by atoms with Crippen molar-refractivity contribution in [2.24, 2.45) is 0 Å². The Balaban J connectivity index is 3.10. The van der Waals surface area contributed by atoms with Crippen LogP contribution in [0.25, 0.3) is 0 Å². The van der Waals surface area contributed by atoms with Crippen molar-refractivity contribution in [2.75, 3.05) is 0 Å². The van der Waals surface area contributed by atoms with Gasteiger partial charge in [-0.3, -0.25) is 4.79 Å². The van der Waals surface area contributed by atoms with E-state index in [4.69, 9.17) is 0 Å². The third-order valence-electron chi connectivity index (χ3n) is 1.39. The van der Waals surface area contributed by atoms with Crippen LogP contribution in [-0.2, 0) is 19.7 Å². The predicted octanol–water partition coefficient (Wildman–Crippen LogP) is 0.331. The summed E-state index contributed by atoms with van der Waals surface area (Å²) in [7, 11) is -4.31. The Morgan fingerprint density at radius 3 is 2.53 bits per heavy atom. The molecule has 1 aromatic carbocycles. The van der Waals surface area contributed by atoms with Crippen molar-refractivity contribution in [2.45, 2.75) is 4.90 Å². The lowest BCUT2D eigenvalue weighted by Gasteiger charge is -2.04. The highest BCUT2D eigenvalue weighted by Crippen LogP contribution is 2.14. The van der Waals surface area contributed by atoms with Crippen LogP contribution < -0.4 is 4.89 Å². The van der Waals surface area contributed by atoms with Gasteiger partial charge in [-0.05, 0) is 17.0 Å². The molecule has 0 saturated carbocycles. The zero-order valence-electron chi connectivity index (χ0n) is 7.11. The summed E-state index contributed by atoms with van der Waals surface area (Å²) in [5.74, 6) is -2.19. The van der Waals surface area contributed by atoms with Gasteiger partial charge in [0.15, 0.2) is 0 Å². The number of sulfonamides is 1. The van der Waals surface area contributed by atoms with Gasteiger partial charge >= 0.3 is 6.47 Å². The SMILES string of the molecule is O=CONS(=O)(=O)c1ccc(F)cc1F. The number of carbonyl (C=O) groups excluding carboxylic acids is 1. The Bertz CT molecular complexity index is 474. The van der Waals surface area contributed by atoms with Crippen LogP contribution in [0.1, 0.15) is 0 Å². The van der Waals surface area contributed by atoms with Crippen LogP contribution in [0.4, 0.5) is 8.78 Å². The molecule has 0 heterocycles. The Kier molecular flexibility index (Phi) is 3.32. The van der Waals surface area contributed by atoms with E-state index in [0.29, 0.717) is 12.1 Å². The maximum atomic E-state index is 13.0. The molecule has 1 aromatic rings. The van der Waals surface area contributed by atoms with E-state index in [9.17, 15) is 22.0 Å². The standard InChI is InChI=1S/C7H5F2NO4S/c8-5-1-2-7(6(9)3-5)15(12,13)10-14-4-11/h1-4,10H. The summed E-state index contributed by atoms with van der Waals surface area (Å²) in [5.41, 5.74) is 0. The molecule has 1 rings (SSSR count). The minimum Gasteiger partial charge on any atom is -0.358 e. The monoisotopic (exact) mass is 237 g/mol. The molecular formula is C7H5F2NO4S. The van der Waals surface area contributed by atoms with Crippen molar-refractivity contribution in [1.29, 1.82) is 0 Å². The van der Waals surface area contributed by atoms with E-state index in [1.807, 2.05) is 0 Å². The van der Waals surface area contributed by atoms with Gasteiger partial charge in [-0.2, -0.15) is 0 Å². The second kappa shape index (κ2) is 4.32. The molecule has 0 atom stereocenters. The highest BCUT2D eigenvalue weighted by atomic mass is 32.2. The smallest absolute Gasteiger partial charge is 0.314 e. The number of hydrogen-bond acceptors (Lipinski definition) is 4. The number of carbonyl (C=O) groups is 1. The molecule has 8 heteroatoms. The highest BCUT2D eigenvalue weighted by molar-refractivity contribution is 7.89. The minimum absolute atomic E-state index is 0.182. The molecule has 0 fully saturated rings. The summed E-state index contributed by atoms with van der Waals surface area (Å²) in [4.78, 5) is 14.0. The molecule has 0 aliphatic heterocycles. The van der Waals surface area contributed by atoms with Crippen molar-refractivity contribution in [3.05, 3.63) is 29.8 Å². The summed E-state index contributed by atoms with van der Waals surface area (Å²) in [6, 6.07) is 1.87. The fourth-order valence-electron chi connectivity index (χ4n) is 0.821. The molecule has 0 aliphatic rings. The lowest BCUT2D eigenvalue weighted by atomic mass is 10.3. The summed E-state index contributed by atoms with van der Waals surface area (Å²) in [6.07, 6.45) is 0. The topological polar surface area (TPSA) is 72.5 Å². The van der Waals surface area contributed by atoms with E-state index >= 15 is 0 Å². The quantitative estimate of drug-likeness (QED) is 0.605. The van der Waals surface area contributed by atoms with Crippen LogP contribution in [0.5, 0.6) is 0 Å². The number of nitrogens with one attached hydrogen (secondary N) is 1. The Hall–Kier alpha value is -1.54. The summed E-state index contributed by atoms with van der Waals surface area (Å²) in [6.45, 7) is -0.182. The first-order chi connectivity index (χ1) is 6.97. The van der Waals surface area contributed by atoms with Crippen molar-refractivity contribution in [3.63, 3.8) is 0 Å². The van der Waals surface area contributed by atoms with E-state index < -0.39 is 26.6 Å². The number of rotatable bonds is 4. The Morgan fingerprint density at radius 1 is 1.33 bits per heavy atom.